The van der Waals surface area contributed by atoms with E-state index in [1.807, 2.05) is 0 Å². The Morgan fingerprint density at radius 2 is 2.05 bits per heavy atom. The van der Waals surface area contributed by atoms with Gasteiger partial charge in [-0.1, -0.05) is 5.11 Å². The summed E-state index contributed by atoms with van der Waals surface area (Å²) in [5, 5.41) is 23.2. The minimum absolute atomic E-state index is 0.111. The van der Waals surface area contributed by atoms with Crippen molar-refractivity contribution in [1.82, 2.24) is 4.98 Å². The molecular formula is C12H6BrN5O4. The zero-order valence-corrected chi connectivity index (χ0v) is 12.3. The van der Waals surface area contributed by atoms with Gasteiger partial charge >= 0.3 is 5.97 Å². The number of carboxylic acids is 1. The van der Waals surface area contributed by atoms with Crippen LogP contribution < -0.4 is 0 Å². The third kappa shape index (κ3) is 3.03. The Balaban J connectivity index is 2.70. The smallest absolute Gasteiger partial charge is 0.336 e. The first-order chi connectivity index (χ1) is 10.4. The Morgan fingerprint density at radius 1 is 1.41 bits per heavy atom. The summed E-state index contributed by atoms with van der Waals surface area (Å²) in [6.07, 6.45) is 0. The standard InChI is InChI=1S/C12H6BrN5O4/c13-9-5-8(12(19)20)11(16-17-14)10(15-9)6-1-3-7(4-2-6)18(21)22/h1-5H,(H,19,20). The molecule has 10 heteroatoms. The van der Waals surface area contributed by atoms with Crippen molar-refractivity contribution in [2.24, 2.45) is 5.11 Å². The zero-order valence-electron chi connectivity index (χ0n) is 10.7. The number of pyridine rings is 1. The average Bonchev–Trinajstić information content (AvgIpc) is 2.48. The Bertz CT molecular complexity index is 815. The van der Waals surface area contributed by atoms with Crippen LogP contribution in [0.5, 0.6) is 0 Å². The van der Waals surface area contributed by atoms with Gasteiger partial charge in [0, 0.05) is 22.6 Å². The molecule has 0 bridgehead atoms. The first-order valence-corrected chi connectivity index (χ1v) is 6.47. The van der Waals surface area contributed by atoms with Crippen LogP contribution >= 0.6 is 15.9 Å². The van der Waals surface area contributed by atoms with E-state index in [0.717, 1.165) is 0 Å². The van der Waals surface area contributed by atoms with Gasteiger partial charge in [0.15, 0.2) is 0 Å². The third-order valence-corrected chi connectivity index (χ3v) is 3.09. The maximum atomic E-state index is 11.3. The molecule has 0 aliphatic carbocycles. The lowest BCUT2D eigenvalue weighted by molar-refractivity contribution is -0.384. The van der Waals surface area contributed by atoms with Crippen LogP contribution in [0, 0.1) is 10.1 Å². The molecule has 0 amide bonds. The van der Waals surface area contributed by atoms with Crippen molar-refractivity contribution in [3.8, 4) is 11.3 Å². The lowest BCUT2D eigenvalue weighted by Gasteiger charge is -2.08. The molecule has 22 heavy (non-hydrogen) atoms. The molecule has 1 aromatic carbocycles. The lowest BCUT2D eigenvalue weighted by atomic mass is 10.1. The fraction of sp³-hybridized carbons (Fsp3) is 0. The summed E-state index contributed by atoms with van der Waals surface area (Å²) in [6.45, 7) is 0. The number of non-ortho nitro benzene ring substituents is 1. The molecule has 0 spiro atoms. The van der Waals surface area contributed by atoms with Crippen LogP contribution in [-0.4, -0.2) is 21.0 Å². The molecule has 2 aromatic rings. The van der Waals surface area contributed by atoms with Crippen LogP contribution in [0.25, 0.3) is 21.7 Å². The number of aromatic nitrogens is 1. The van der Waals surface area contributed by atoms with Gasteiger partial charge in [0.05, 0.1) is 21.9 Å². The molecule has 1 N–H and O–H groups in total. The number of nitro groups is 1. The fourth-order valence-corrected chi connectivity index (χ4v) is 2.16. The molecular weight excluding hydrogens is 358 g/mol. The van der Waals surface area contributed by atoms with Crippen molar-refractivity contribution in [2.75, 3.05) is 0 Å². The summed E-state index contributed by atoms with van der Waals surface area (Å²) < 4.78 is 0.232. The number of rotatable bonds is 4. The van der Waals surface area contributed by atoms with Gasteiger partial charge < -0.3 is 5.11 Å². The van der Waals surface area contributed by atoms with E-state index in [4.69, 9.17) is 5.53 Å². The Morgan fingerprint density at radius 3 is 2.55 bits per heavy atom. The molecule has 0 radical (unpaired) electrons. The number of halogens is 1. The highest BCUT2D eigenvalue weighted by molar-refractivity contribution is 9.10. The summed E-state index contributed by atoms with van der Waals surface area (Å²) in [5.74, 6) is -1.28. The number of aromatic carboxylic acids is 1. The van der Waals surface area contributed by atoms with E-state index in [1.54, 1.807) is 0 Å². The monoisotopic (exact) mass is 363 g/mol. The van der Waals surface area contributed by atoms with E-state index in [1.165, 1.54) is 30.3 Å². The SMILES string of the molecule is [N-]=[N+]=Nc1c(C(=O)O)cc(Br)nc1-c1ccc([N+](=O)[O-])cc1. The highest BCUT2D eigenvalue weighted by atomic mass is 79.9. The van der Waals surface area contributed by atoms with Crippen molar-refractivity contribution < 1.29 is 14.8 Å². The van der Waals surface area contributed by atoms with E-state index < -0.39 is 10.9 Å². The number of carboxylic acid groups (broad SMARTS) is 1. The molecule has 0 fully saturated rings. The minimum atomic E-state index is -1.28. The van der Waals surface area contributed by atoms with Crippen molar-refractivity contribution in [1.29, 1.82) is 0 Å². The van der Waals surface area contributed by atoms with Crippen LogP contribution in [-0.2, 0) is 0 Å². The van der Waals surface area contributed by atoms with Gasteiger partial charge in [0.25, 0.3) is 5.69 Å². The largest absolute Gasteiger partial charge is 0.478 e. The van der Waals surface area contributed by atoms with Gasteiger partial charge in [-0.3, -0.25) is 10.1 Å². The molecule has 0 aliphatic rings. The summed E-state index contributed by atoms with van der Waals surface area (Å²) in [7, 11) is 0. The fourth-order valence-electron chi connectivity index (χ4n) is 1.76. The summed E-state index contributed by atoms with van der Waals surface area (Å²) in [4.78, 5) is 28.1. The molecule has 1 heterocycles. The molecule has 9 nitrogen and oxygen atoms in total. The number of benzene rings is 1. The Labute approximate surface area is 131 Å². The van der Waals surface area contributed by atoms with Gasteiger partial charge in [-0.2, -0.15) is 0 Å². The number of nitrogens with zero attached hydrogens (tertiary/aromatic N) is 5. The van der Waals surface area contributed by atoms with E-state index in [2.05, 4.69) is 30.9 Å². The van der Waals surface area contributed by atoms with Gasteiger partial charge in [-0.15, -0.1) is 0 Å². The van der Waals surface area contributed by atoms with Gasteiger partial charge in [0.2, 0.25) is 0 Å². The topological polar surface area (TPSA) is 142 Å². The van der Waals surface area contributed by atoms with Crippen LogP contribution in [0.2, 0.25) is 0 Å². The van der Waals surface area contributed by atoms with E-state index in [9.17, 15) is 20.0 Å². The van der Waals surface area contributed by atoms with Crippen LogP contribution in [0.1, 0.15) is 10.4 Å². The summed E-state index contributed by atoms with van der Waals surface area (Å²) in [5.41, 5.74) is 8.61. The second kappa shape index (κ2) is 6.20. The first-order valence-electron chi connectivity index (χ1n) is 5.68. The predicted molar refractivity (Wildman–Crippen MR) is 79.8 cm³/mol. The average molecular weight is 364 g/mol. The molecule has 2 rings (SSSR count). The van der Waals surface area contributed by atoms with Crippen molar-refractivity contribution in [2.45, 2.75) is 0 Å². The highest BCUT2D eigenvalue weighted by Crippen LogP contribution is 2.34. The quantitative estimate of drug-likeness (QED) is 0.217. The number of carbonyl (C=O) groups is 1. The second-order valence-electron chi connectivity index (χ2n) is 3.99. The molecule has 1 aromatic heterocycles. The van der Waals surface area contributed by atoms with E-state index >= 15 is 0 Å². The normalized spacial score (nSPS) is 9.86. The third-order valence-electron chi connectivity index (χ3n) is 2.69. The van der Waals surface area contributed by atoms with Crippen LogP contribution in [0.3, 0.4) is 0 Å². The Kier molecular flexibility index (Phi) is 4.35. The maximum absolute atomic E-state index is 11.3. The van der Waals surface area contributed by atoms with Crippen LogP contribution in [0.15, 0.2) is 40.0 Å². The molecule has 0 aliphatic heterocycles. The van der Waals surface area contributed by atoms with Crippen molar-refractivity contribution >= 4 is 33.3 Å². The zero-order chi connectivity index (χ0) is 16.3. The van der Waals surface area contributed by atoms with Gasteiger partial charge in [-0.25, -0.2) is 9.78 Å². The lowest BCUT2D eigenvalue weighted by Crippen LogP contribution is -2.00. The number of hydrogen-bond donors (Lipinski definition) is 1. The van der Waals surface area contributed by atoms with E-state index in [-0.39, 0.29) is 27.2 Å². The molecule has 0 unspecified atom stereocenters. The highest BCUT2D eigenvalue weighted by Gasteiger charge is 2.18. The predicted octanol–water partition coefficient (Wildman–Crippen LogP) is 4.06. The first kappa shape index (κ1) is 15.4. The summed E-state index contributed by atoms with van der Waals surface area (Å²) >= 11 is 3.08. The Hall–Kier alpha value is -2.97. The minimum Gasteiger partial charge on any atom is -0.478 e. The van der Waals surface area contributed by atoms with Crippen molar-refractivity contribution in [3.05, 3.63) is 61.1 Å². The maximum Gasteiger partial charge on any atom is 0.336 e. The molecule has 110 valence electrons. The summed E-state index contributed by atoms with van der Waals surface area (Å²) in [6, 6.07) is 6.50. The molecule has 0 saturated carbocycles. The number of nitro benzene ring substituents is 1. The second-order valence-corrected chi connectivity index (χ2v) is 4.80. The number of hydrogen-bond acceptors (Lipinski definition) is 5. The van der Waals surface area contributed by atoms with Gasteiger partial charge in [-0.05, 0) is 39.7 Å². The van der Waals surface area contributed by atoms with Gasteiger partial charge in [0.1, 0.15) is 4.60 Å². The molecule has 0 saturated heterocycles. The van der Waals surface area contributed by atoms with Crippen LogP contribution in [0.4, 0.5) is 11.4 Å². The molecule has 0 atom stereocenters. The number of azide groups is 1. The van der Waals surface area contributed by atoms with E-state index in [0.29, 0.717) is 5.56 Å². The van der Waals surface area contributed by atoms with Crippen molar-refractivity contribution in [3.63, 3.8) is 0 Å².